The lowest BCUT2D eigenvalue weighted by atomic mass is 9.81. The topological polar surface area (TPSA) is 45.9 Å². The van der Waals surface area contributed by atoms with Crippen molar-refractivity contribution >= 4 is 0 Å². The van der Waals surface area contributed by atoms with Crippen LogP contribution in [0.15, 0.2) is 60.7 Å². The van der Waals surface area contributed by atoms with Crippen LogP contribution >= 0.6 is 0 Å². The van der Waals surface area contributed by atoms with E-state index in [1.165, 1.54) is 5.56 Å². The lowest BCUT2D eigenvalue weighted by Crippen LogP contribution is -2.16. The molecule has 0 saturated heterocycles. The molecule has 27 heavy (non-hydrogen) atoms. The SMILES string of the molecule is C[C@@H]1CCc2c(-c3ccccc3)nc(OCc3ccccc3)c(C#N)c2C1. The van der Waals surface area contributed by atoms with Gasteiger partial charge in [-0.15, -0.1) is 0 Å². The maximum Gasteiger partial charge on any atom is 0.232 e. The van der Waals surface area contributed by atoms with Gasteiger partial charge in [0, 0.05) is 5.56 Å². The lowest BCUT2D eigenvalue weighted by molar-refractivity contribution is 0.292. The van der Waals surface area contributed by atoms with Crippen LogP contribution in [0.25, 0.3) is 11.3 Å². The Morgan fingerprint density at radius 3 is 2.44 bits per heavy atom. The van der Waals surface area contributed by atoms with E-state index in [0.29, 0.717) is 24.0 Å². The molecule has 3 nitrogen and oxygen atoms in total. The number of nitrogens with zero attached hydrogens (tertiary/aromatic N) is 2. The summed E-state index contributed by atoms with van der Waals surface area (Å²) in [6.07, 6.45) is 2.99. The molecule has 1 heterocycles. The lowest BCUT2D eigenvalue weighted by Gasteiger charge is -2.25. The van der Waals surface area contributed by atoms with Crippen molar-refractivity contribution in [1.29, 1.82) is 5.26 Å². The summed E-state index contributed by atoms with van der Waals surface area (Å²) in [7, 11) is 0. The molecule has 3 heteroatoms. The Hall–Kier alpha value is -3.12. The van der Waals surface area contributed by atoms with Crippen molar-refractivity contribution in [2.45, 2.75) is 32.8 Å². The molecule has 0 aliphatic heterocycles. The maximum absolute atomic E-state index is 9.85. The van der Waals surface area contributed by atoms with Gasteiger partial charge in [0.15, 0.2) is 0 Å². The van der Waals surface area contributed by atoms with Gasteiger partial charge in [-0.1, -0.05) is 67.6 Å². The van der Waals surface area contributed by atoms with Crippen LogP contribution in [-0.2, 0) is 19.4 Å². The normalized spacial score (nSPS) is 15.6. The summed E-state index contributed by atoms with van der Waals surface area (Å²) in [5.41, 5.74) is 6.04. The van der Waals surface area contributed by atoms with Gasteiger partial charge < -0.3 is 4.74 Å². The van der Waals surface area contributed by atoms with E-state index in [9.17, 15) is 5.26 Å². The largest absolute Gasteiger partial charge is 0.472 e. The summed E-state index contributed by atoms with van der Waals surface area (Å²) >= 11 is 0. The fraction of sp³-hybridized carbons (Fsp3) is 0.250. The van der Waals surface area contributed by atoms with E-state index in [4.69, 9.17) is 9.72 Å². The zero-order valence-corrected chi connectivity index (χ0v) is 15.5. The monoisotopic (exact) mass is 354 g/mol. The van der Waals surface area contributed by atoms with Crippen LogP contribution in [0.3, 0.4) is 0 Å². The molecule has 2 aromatic carbocycles. The third-order valence-corrected chi connectivity index (χ3v) is 5.20. The van der Waals surface area contributed by atoms with Gasteiger partial charge in [0.25, 0.3) is 0 Å². The second kappa shape index (κ2) is 7.63. The van der Waals surface area contributed by atoms with Crippen LogP contribution in [0.5, 0.6) is 5.88 Å². The minimum atomic E-state index is 0.408. The summed E-state index contributed by atoms with van der Waals surface area (Å²) in [6, 6.07) is 22.6. The van der Waals surface area contributed by atoms with Gasteiger partial charge in [-0.25, -0.2) is 4.98 Å². The Bertz CT molecular complexity index is 975. The first-order valence-corrected chi connectivity index (χ1v) is 9.44. The van der Waals surface area contributed by atoms with Crippen molar-refractivity contribution in [2.75, 3.05) is 0 Å². The Balaban J connectivity index is 1.80. The highest BCUT2D eigenvalue weighted by molar-refractivity contribution is 5.69. The molecule has 134 valence electrons. The molecule has 4 rings (SSSR count). The highest BCUT2D eigenvalue weighted by Gasteiger charge is 2.26. The van der Waals surface area contributed by atoms with Crippen molar-refractivity contribution in [3.05, 3.63) is 82.9 Å². The van der Waals surface area contributed by atoms with Crippen LogP contribution in [0.2, 0.25) is 0 Å². The molecule has 1 atom stereocenters. The van der Waals surface area contributed by atoms with Crippen LogP contribution in [0, 0.1) is 17.2 Å². The van der Waals surface area contributed by atoms with Crippen molar-refractivity contribution in [1.82, 2.24) is 4.98 Å². The number of benzene rings is 2. The third kappa shape index (κ3) is 3.57. The molecular weight excluding hydrogens is 332 g/mol. The molecule has 1 aliphatic carbocycles. The number of hydrogen-bond acceptors (Lipinski definition) is 3. The van der Waals surface area contributed by atoms with Crippen molar-refractivity contribution in [2.24, 2.45) is 5.92 Å². The zero-order valence-electron chi connectivity index (χ0n) is 15.5. The highest BCUT2D eigenvalue weighted by atomic mass is 16.5. The molecule has 3 aromatic rings. The van der Waals surface area contributed by atoms with E-state index >= 15 is 0 Å². The summed E-state index contributed by atoms with van der Waals surface area (Å²) in [6.45, 7) is 2.66. The number of rotatable bonds is 4. The van der Waals surface area contributed by atoms with Crippen LogP contribution in [0.1, 0.15) is 35.6 Å². The molecule has 0 N–H and O–H groups in total. The van der Waals surface area contributed by atoms with Gasteiger partial charge in [-0.3, -0.25) is 0 Å². The maximum atomic E-state index is 9.85. The molecule has 0 unspecified atom stereocenters. The average molecular weight is 354 g/mol. The number of fused-ring (bicyclic) bond motifs is 1. The number of pyridine rings is 1. The predicted octanol–water partition coefficient (Wildman–Crippen LogP) is 5.32. The van der Waals surface area contributed by atoms with Gasteiger partial charge in [0.1, 0.15) is 18.2 Å². The molecule has 0 radical (unpaired) electrons. The Morgan fingerprint density at radius 2 is 1.74 bits per heavy atom. The fourth-order valence-electron chi connectivity index (χ4n) is 3.76. The van der Waals surface area contributed by atoms with Crippen molar-refractivity contribution < 1.29 is 4.74 Å². The number of ether oxygens (including phenoxy) is 1. The Kier molecular flexibility index (Phi) is 4.89. The molecular formula is C24H22N2O. The van der Waals surface area contributed by atoms with E-state index in [1.54, 1.807) is 0 Å². The van der Waals surface area contributed by atoms with Crippen LogP contribution < -0.4 is 4.74 Å². The Morgan fingerprint density at radius 1 is 1.04 bits per heavy atom. The van der Waals surface area contributed by atoms with Gasteiger partial charge in [-0.05, 0) is 41.9 Å². The molecule has 0 fully saturated rings. The van der Waals surface area contributed by atoms with E-state index < -0.39 is 0 Å². The van der Waals surface area contributed by atoms with E-state index in [0.717, 1.165) is 41.6 Å². The molecule has 0 saturated carbocycles. The summed E-state index contributed by atoms with van der Waals surface area (Å²) in [5, 5.41) is 9.85. The van der Waals surface area contributed by atoms with Crippen molar-refractivity contribution in [3.63, 3.8) is 0 Å². The van der Waals surface area contributed by atoms with Gasteiger partial charge in [0.2, 0.25) is 5.88 Å². The van der Waals surface area contributed by atoms with Crippen LogP contribution in [0.4, 0.5) is 0 Å². The quantitative estimate of drug-likeness (QED) is 0.636. The first kappa shape index (κ1) is 17.3. The second-order valence-corrected chi connectivity index (χ2v) is 7.20. The van der Waals surface area contributed by atoms with E-state index in [1.807, 2.05) is 48.5 Å². The second-order valence-electron chi connectivity index (χ2n) is 7.20. The molecule has 1 aliphatic rings. The molecule has 0 spiro atoms. The standard InChI is InChI=1S/C24H22N2O/c1-17-12-13-20-21(14-17)22(15-25)24(27-16-18-8-4-2-5-9-18)26-23(20)19-10-6-3-7-11-19/h2-11,17H,12-14,16H2,1H3/t17-/m1/s1. The van der Waals surface area contributed by atoms with Gasteiger partial charge in [0.05, 0.1) is 5.69 Å². The smallest absolute Gasteiger partial charge is 0.232 e. The number of aromatic nitrogens is 1. The summed E-state index contributed by atoms with van der Waals surface area (Å²) < 4.78 is 6.04. The average Bonchev–Trinajstić information content (AvgIpc) is 2.72. The van der Waals surface area contributed by atoms with E-state index in [2.05, 4.69) is 25.1 Å². The molecule has 0 amide bonds. The summed E-state index contributed by atoms with van der Waals surface area (Å²) in [5.74, 6) is 1.02. The number of nitriles is 1. The first-order chi connectivity index (χ1) is 13.3. The Labute approximate surface area is 160 Å². The third-order valence-electron chi connectivity index (χ3n) is 5.20. The van der Waals surface area contributed by atoms with E-state index in [-0.39, 0.29) is 0 Å². The van der Waals surface area contributed by atoms with Gasteiger partial charge in [-0.2, -0.15) is 5.26 Å². The minimum absolute atomic E-state index is 0.408. The fourth-order valence-corrected chi connectivity index (χ4v) is 3.76. The minimum Gasteiger partial charge on any atom is -0.472 e. The first-order valence-electron chi connectivity index (χ1n) is 9.44. The van der Waals surface area contributed by atoms with Crippen molar-refractivity contribution in [3.8, 4) is 23.2 Å². The number of hydrogen-bond donors (Lipinski definition) is 0. The predicted molar refractivity (Wildman–Crippen MR) is 106 cm³/mol. The van der Waals surface area contributed by atoms with Gasteiger partial charge >= 0.3 is 0 Å². The zero-order chi connectivity index (χ0) is 18.6. The summed E-state index contributed by atoms with van der Waals surface area (Å²) in [4.78, 5) is 4.82. The van der Waals surface area contributed by atoms with Crippen LogP contribution in [-0.4, -0.2) is 4.98 Å². The highest BCUT2D eigenvalue weighted by Crippen LogP contribution is 2.37. The molecule has 0 bridgehead atoms. The molecule has 1 aromatic heterocycles.